The number of carbonyl (C=O) groups excluding carboxylic acids is 1. The van der Waals surface area contributed by atoms with Crippen molar-refractivity contribution >= 4 is 17.3 Å². The van der Waals surface area contributed by atoms with Gasteiger partial charge in [0.05, 0.1) is 30.7 Å². The number of nitrogens with one attached hydrogen (secondary N) is 1. The molecule has 194 valence electrons. The van der Waals surface area contributed by atoms with Crippen LogP contribution in [0.2, 0.25) is 0 Å². The molecule has 6 nitrogen and oxygen atoms in total. The van der Waals surface area contributed by atoms with Crippen molar-refractivity contribution in [3.05, 3.63) is 59.7 Å². The van der Waals surface area contributed by atoms with Crippen LogP contribution in [-0.4, -0.2) is 75.9 Å². The lowest BCUT2D eigenvalue weighted by Gasteiger charge is -2.49. The summed E-state index contributed by atoms with van der Waals surface area (Å²) in [6, 6.07) is 13.9. The van der Waals surface area contributed by atoms with Crippen molar-refractivity contribution in [1.82, 2.24) is 10.2 Å². The second-order valence-corrected chi connectivity index (χ2v) is 9.79. The van der Waals surface area contributed by atoms with Gasteiger partial charge < -0.3 is 19.9 Å². The first-order valence-corrected chi connectivity index (χ1v) is 12.7. The van der Waals surface area contributed by atoms with Gasteiger partial charge in [-0.25, -0.2) is 0 Å². The zero-order valence-electron chi connectivity index (χ0n) is 20.3. The number of hydrogen-bond donors (Lipinski definition) is 1. The van der Waals surface area contributed by atoms with E-state index in [1.165, 1.54) is 6.07 Å². The average molecular weight is 503 g/mol. The Kier molecular flexibility index (Phi) is 7.39. The molecule has 1 amide bonds. The maximum atomic E-state index is 13.4. The highest BCUT2D eigenvalue weighted by Gasteiger charge is 2.42. The Bertz CT molecular complexity index is 1040. The molecule has 0 aliphatic carbocycles. The number of para-hydroxylation sites is 1. The van der Waals surface area contributed by atoms with Gasteiger partial charge in [-0.3, -0.25) is 9.69 Å². The van der Waals surface area contributed by atoms with E-state index in [-0.39, 0.29) is 11.9 Å². The molecule has 3 heterocycles. The van der Waals surface area contributed by atoms with Crippen LogP contribution in [0, 0.1) is 5.92 Å². The predicted octanol–water partition coefficient (Wildman–Crippen LogP) is 3.41. The number of rotatable bonds is 6. The second kappa shape index (κ2) is 10.7. The Morgan fingerprint density at radius 2 is 1.81 bits per heavy atom. The fourth-order valence-corrected chi connectivity index (χ4v) is 5.64. The molecule has 9 heteroatoms. The minimum atomic E-state index is -4.41. The lowest BCUT2D eigenvalue weighted by Crippen LogP contribution is -2.61. The molecule has 0 saturated carbocycles. The molecule has 5 rings (SSSR count). The lowest BCUT2D eigenvalue weighted by molar-refractivity contribution is -0.137. The number of amides is 1. The first-order valence-electron chi connectivity index (χ1n) is 12.7. The quantitative estimate of drug-likeness (QED) is 0.614. The van der Waals surface area contributed by atoms with Crippen molar-refractivity contribution in [3.63, 3.8) is 0 Å². The fraction of sp³-hybridized carbons (Fsp3) is 0.519. The number of alkyl halides is 3. The molecule has 2 fully saturated rings. The average Bonchev–Trinajstić information content (AvgIpc) is 2.90. The third-order valence-electron chi connectivity index (χ3n) is 7.55. The Morgan fingerprint density at radius 3 is 2.56 bits per heavy atom. The number of anilines is 2. The topological polar surface area (TPSA) is 48.1 Å². The van der Waals surface area contributed by atoms with Crippen molar-refractivity contribution in [3.8, 4) is 0 Å². The maximum Gasteiger partial charge on any atom is 0.416 e. The lowest BCUT2D eigenvalue weighted by atomic mass is 9.82. The van der Waals surface area contributed by atoms with Gasteiger partial charge in [0.1, 0.15) is 0 Å². The summed E-state index contributed by atoms with van der Waals surface area (Å²) < 4.78 is 45.7. The summed E-state index contributed by atoms with van der Waals surface area (Å²) in [5, 5.41) is 3.09. The van der Waals surface area contributed by atoms with E-state index >= 15 is 0 Å². The summed E-state index contributed by atoms with van der Waals surface area (Å²) in [7, 11) is 0. The standard InChI is InChI=1S/C27H33F3N4O2/c28-27(29,30)21-7-8-24-20(17-21)18-23(26(35)31-9-4-10-32-13-15-36-16-14-32)25-19-33(11-12-34(24)25)22-5-2-1-3-6-22/h1-3,5-8,17,23,25H,4,9-16,18-19H2,(H,31,35)/t23-,25+/m0/s1. The molecule has 3 aliphatic heterocycles. The number of morpholine rings is 1. The van der Waals surface area contributed by atoms with Crippen LogP contribution in [0.5, 0.6) is 0 Å². The van der Waals surface area contributed by atoms with Crippen LogP contribution in [0.4, 0.5) is 24.5 Å². The number of fused-ring (bicyclic) bond motifs is 3. The van der Waals surface area contributed by atoms with E-state index in [2.05, 4.69) is 32.1 Å². The zero-order valence-corrected chi connectivity index (χ0v) is 20.3. The largest absolute Gasteiger partial charge is 0.416 e. The van der Waals surface area contributed by atoms with E-state index in [0.29, 0.717) is 31.6 Å². The molecule has 2 aromatic carbocycles. The SMILES string of the molecule is O=C(NCCCN1CCOCC1)[C@H]1Cc2cc(C(F)(F)F)ccc2N2CCN(c3ccccc3)C[C@H]12. The van der Waals surface area contributed by atoms with Gasteiger partial charge in [0, 0.05) is 50.6 Å². The highest BCUT2D eigenvalue weighted by Crippen LogP contribution is 2.40. The number of hydrogen-bond acceptors (Lipinski definition) is 5. The summed E-state index contributed by atoms with van der Waals surface area (Å²) in [5.41, 5.74) is 1.85. The van der Waals surface area contributed by atoms with Gasteiger partial charge >= 0.3 is 6.18 Å². The first-order chi connectivity index (χ1) is 17.4. The smallest absolute Gasteiger partial charge is 0.379 e. The van der Waals surface area contributed by atoms with Gasteiger partial charge in [0.25, 0.3) is 0 Å². The predicted molar refractivity (Wildman–Crippen MR) is 133 cm³/mol. The molecule has 0 unspecified atom stereocenters. The van der Waals surface area contributed by atoms with Crippen molar-refractivity contribution in [2.45, 2.75) is 25.1 Å². The Hall–Kier alpha value is -2.78. The minimum Gasteiger partial charge on any atom is -0.379 e. The van der Waals surface area contributed by atoms with Gasteiger partial charge in [-0.1, -0.05) is 18.2 Å². The molecular weight excluding hydrogens is 469 g/mol. The summed E-state index contributed by atoms with van der Waals surface area (Å²) in [6.45, 7) is 6.78. The molecule has 2 atom stereocenters. The molecular formula is C27H33F3N4O2. The molecule has 3 aliphatic rings. The number of ether oxygens (including phenoxy) is 1. The van der Waals surface area contributed by atoms with Gasteiger partial charge in [0.2, 0.25) is 5.91 Å². The Labute approximate surface area is 210 Å². The zero-order chi connectivity index (χ0) is 25.1. The second-order valence-electron chi connectivity index (χ2n) is 9.79. The minimum absolute atomic E-state index is 0.0787. The van der Waals surface area contributed by atoms with Crippen molar-refractivity contribution < 1.29 is 22.7 Å². The highest BCUT2D eigenvalue weighted by atomic mass is 19.4. The van der Waals surface area contributed by atoms with Crippen molar-refractivity contribution in [1.29, 1.82) is 0 Å². The third-order valence-corrected chi connectivity index (χ3v) is 7.55. The van der Waals surface area contributed by atoms with Crippen LogP contribution in [-0.2, 0) is 22.1 Å². The van der Waals surface area contributed by atoms with Crippen LogP contribution >= 0.6 is 0 Å². The fourth-order valence-electron chi connectivity index (χ4n) is 5.64. The van der Waals surface area contributed by atoms with Crippen molar-refractivity contribution in [2.75, 3.05) is 68.8 Å². The van der Waals surface area contributed by atoms with E-state index in [1.807, 2.05) is 18.2 Å². The monoisotopic (exact) mass is 502 g/mol. The van der Waals surface area contributed by atoms with Crippen LogP contribution < -0.4 is 15.1 Å². The van der Waals surface area contributed by atoms with Crippen LogP contribution in [0.3, 0.4) is 0 Å². The number of piperazine rings is 1. The summed E-state index contributed by atoms with van der Waals surface area (Å²) >= 11 is 0. The number of halogens is 3. The van der Waals surface area contributed by atoms with Crippen LogP contribution in [0.25, 0.3) is 0 Å². The van der Waals surface area contributed by atoms with E-state index in [1.54, 1.807) is 6.07 Å². The van der Waals surface area contributed by atoms with Gasteiger partial charge in [-0.15, -0.1) is 0 Å². The van der Waals surface area contributed by atoms with E-state index < -0.39 is 17.7 Å². The summed E-state index contributed by atoms with van der Waals surface area (Å²) in [6.07, 6.45) is -3.27. The van der Waals surface area contributed by atoms with Gasteiger partial charge in [-0.2, -0.15) is 13.2 Å². The summed E-state index contributed by atoms with van der Waals surface area (Å²) in [4.78, 5) is 20.2. The third kappa shape index (κ3) is 5.47. The molecule has 0 bridgehead atoms. The first kappa shape index (κ1) is 24.9. The van der Waals surface area contributed by atoms with E-state index in [9.17, 15) is 18.0 Å². The van der Waals surface area contributed by atoms with Crippen molar-refractivity contribution in [2.24, 2.45) is 5.92 Å². The van der Waals surface area contributed by atoms with Crippen LogP contribution in [0.1, 0.15) is 17.5 Å². The van der Waals surface area contributed by atoms with Gasteiger partial charge in [-0.05, 0) is 55.3 Å². The maximum absolute atomic E-state index is 13.4. The number of benzene rings is 2. The Morgan fingerprint density at radius 1 is 1.03 bits per heavy atom. The molecule has 1 N–H and O–H groups in total. The van der Waals surface area contributed by atoms with Crippen LogP contribution in [0.15, 0.2) is 48.5 Å². The molecule has 0 radical (unpaired) electrons. The number of nitrogens with zero attached hydrogens (tertiary/aromatic N) is 3. The number of carbonyl (C=O) groups is 1. The van der Waals surface area contributed by atoms with E-state index in [4.69, 9.17) is 4.74 Å². The Balaban J connectivity index is 1.32. The normalized spacial score (nSPS) is 22.6. The molecule has 0 spiro atoms. The molecule has 0 aromatic heterocycles. The molecule has 2 aromatic rings. The molecule has 36 heavy (non-hydrogen) atoms. The van der Waals surface area contributed by atoms with E-state index in [0.717, 1.165) is 63.3 Å². The summed E-state index contributed by atoms with van der Waals surface area (Å²) in [5.74, 6) is -0.499. The molecule has 2 saturated heterocycles. The highest BCUT2D eigenvalue weighted by molar-refractivity contribution is 5.82. The van der Waals surface area contributed by atoms with Gasteiger partial charge in [0.15, 0.2) is 0 Å².